The zero-order chi connectivity index (χ0) is 17.5. The van der Waals surface area contributed by atoms with Crippen LogP contribution in [0.4, 0.5) is 11.4 Å². The van der Waals surface area contributed by atoms with Gasteiger partial charge in [0.2, 0.25) is 5.91 Å². The van der Waals surface area contributed by atoms with Crippen LogP contribution in [-0.4, -0.2) is 11.8 Å². The Kier molecular flexibility index (Phi) is 6.78. The molecule has 5 heteroatoms. The van der Waals surface area contributed by atoms with E-state index in [4.69, 9.17) is 0 Å². The van der Waals surface area contributed by atoms with Crippen molar-refractivity contribution in [1.29, 1.82) is 0 Å². The van der Waals surface area contributed by atoms with Gasteiger partial charge in [0.25, 0.3) is 5.91 Å². The zero-order valence-electron chi connectivity index (χ0n) is 13.8. The Morgan fingerprint density at radius 3 is 2.21 bits per heavy atom. The largest absolute Gasteiger partial charge is 0.326 e. The number of nitrogens with one attached hydrogen (secondary N) is 2. The van der Waals surface area contributed by atoms with Gasteiger partial charge in [-0.1, -0.05) is 19.9 Å². The zero-order valence-corrected chi connectivity index (χ0v) is 16.0. The van der Waals surface area contributed by atoms with Crippen LogP contribution in [-0.2, 0) is 4.79 Å². The molecule has 2 amide bonds. The molecular formula is C19H21IN2O2. The van der Waals surface area contributed by atoms with E-state index in [9.17, 15) is 9.59 Å². The summed E-state index contributed by atoms with van der Waals surface area (Å²) in [5.41, 5.74) is 2.02. The van der Waals surface area contributed by atoms with E-state index < -0.39 is 0 Å². The van der Waals surface area contributed by atoms with Gasteiger partial charge in [-0.3, -0.25) is 9.59 Å². The van der Waals surface area contributed by atoms with Crippen molar-refractivity contribution in [2.45, 2.75) is 26.7 Å². The van der Waals surface area contributed by atoms with Crippen molar-refractivity contribution in [2.24, 2.45) is 5.92 Å². The summed E-state index contributed by atoms with van der Waals surface area (Å²) in [6, 6.07) is 14.6. The predicted octanol–water partition coefficient (Wildman–Crippen LogP) is 4.92. The quantitative estimate of drug-likeness (QED) is 0.632. The SMILES string of the molecule is CCC(CC)C(=O)Nc1ccc(C(=O)Nc2cccc(I)c2)cc1. The van der Waals surface area contributed by atoms with Gasteiger partial charge < -0.3 is 10.6 Å². The van der Waals surface area contributed by atoms with Crippen molar-refractivity contribution >= 4 is 45.8 Å². The van der Waals surface area contributed by atoms with Crippen LogP contribution in [0, 0.1) is 9.49 Å². The van der Waals surface area contributed by atoms with E-state index in [1.165, 1.54) is 0 Å². The first-order valence-corrected chi connectivity index (χ1v) is 9.09. The van der Waals surface area contributed by atoms with Crippen LogP contribution in [0.3, 0.4) is 0 Å². The number of rotatable bonds is 6. The van der Waals surface area contributed by atoms with Gasteiger partial charge in [0.15, 0.2) is 0 Å². The maximum Gasteiger partial charge on any atom is 0.255 e. The van der Waals surface area contributed by atoms with Crippen LogP contribution < -0.4 is 10.6 Å². The number of hydrogen-bond acceptors (Lipinski definition) is 2. The van der Waals surface area contributed by atoms with E-state index in [-0.39, 0.29) is 17.7 Å². The fraction of sp³-hybridized carbons (Fsp3) is 0.263. The molecule has 0 heterocycles. The van der Waals surface area contributed by atoms with Gasteiger partial charge in [-0.2, -0.15) is 0 Å². The van der Waals surface area contributed by atoms with Gasteiger partial charge in [-0.15, -0.1) is 0 Å². The Labute approximate surface area is 156 Å². The van der Waals surface area contributed by atoms with Gasteiger partial charge in [-0.05, 0) is 77.9 Å². The van der Waals surface area contributed by atoms with Gasteiger partial charge in [0.05, 0.1) is 0 Å². The Hall–Kier alpha value is -1.89. The normalized spacial score (nSPS) is 10.5. The molecule has 4 nitrogen and oxygen atoms in total. The number of amides is 2. The van der Waals surface area contributed by atoms with Crippen molar-refractivity contribution in [3.63, 3.8) is 0 Å². The standard InChI is InChI=1S/C19H21IN2O2/c1-3-13(4-2)18(23)21-16-10-8-14(9-11-16)19(24)22-17-7-5-6-15(20)12-17/h5-13H,3-4H2,1-2H3,(H,21,23)(H,22,24). The van der Waals surface area contributed by atoms with E-state index in [0.717, 1.165) is 22.1 Å². The second kappa shape index (κ2) is 8.82. The first kappa shape index (κ1) is 18.4. The highest BCUT2D eigenvalue weighted by atomic mass is 127. The molecule has 0 bridgehead atoms. The lowest BCUT2D eigenvalue weighted by atomic mass is 10.0. The second-order valence-corrected chi connectivity index (χ2v) is 6.79. The molecule has 2 aromatic carbocycles. The molecule has 0 fully saturated rings. The van der Waals surface area contributed by atoms with Crippen LogP contribution in [0.1, 0.15) is 37.0 Å². The molecule has 0 spiro atoms. The molecule has 0 saturated heterocycles. The molecule has 0 aromatic heterocycles. The van der Waals surface area contributed by atoms with Crippen molar-refractivity contribution in [2.75, 3.05) is 10.6 Å². The summed E-state index contributed by atoms with van der Waals surface area (Å²) in [5, 5.41) is 5.76. The molecule has 0 aliphatic rings. The molecule has 2 N–H and O–H groups in total. The average molecular weight is 436 g/mol. The maximum atomic E-state index is 12.3. The highest BCUT2D eigenvalue weighted by Gasteiger charge is 2.14. The first-order chi connectivity index (χ1) is 11.5. The summed E-state index contributed by atoms with van der Waals surface area (Å²) >= 11 is 2.20. The second-order valence-electron chi connectivity index (χ2n) is 5.54. The fourth-order valence-electron chi connectivity index (χ4n) is 2.38. The van der Waals surface area contributed by atoms with Gasteiger partial charge in [0.1, 0.15) is 0 Å². The molecule has 0 radical (unpaired) electrons. The van der Waals surface area contributed by atoms with Gasteiger partial charge in [-0.25, -0.2) is 0 Å². The van der Waals surface area contributed by atoms with Crippen molar-refractivity contribution < 1.29 is 9.59 Å². The summed E-state index contributed by atoms with van der Waals surface area (Å²) in [4.78, 5) is 24.3. The average Bonchev–Trinajstić information content (AvgIpc) is 2.56. The molecule has 0 aliphatic heterocycles. The lowest BCUT2D eigenvalue weighted by molar-refractivity contribution is -0.120. The molecule has 0 atom stereocenters. The molecule has 0 saturated carbocycles. The molecule has 0 unspecified atom stereocenters. The highest BCUT2D eigenvalue weighted by molar-refractivity contribution is 14.1. The number of carbonyl (C=O) groups is 2. The number of hydrogen-bond donors (Lipinski definition) is 2. The van der Waals surface area contributed by atoms with Crippen LogP contribution in [0.5, 0.6) is 0 Å². The van der Waals surface area contributed by atoms with E-state index in [1.807, 2.05) is 38.1 Å². The summed E-state index contributed by atoms with van der Waals surface area (Å²) in [6.07, 6.45) is 1.64. The van der Waals surface area contributed by atoms with Crippen molar-refractivity contribution in [3.8, 4) is 0 Å². The minimum absolute atomic E-state index is 0.0218. The van der Waals surface area contributed by atoms with Gasteiger partial charge in [0, 0.05) is 26.4 Å². The van der Waals surface area contributed by atoms with Crippen molar-refractivity contribution in [1.82, 2.24) is 0 Å². The Bertz CT molecular complexity index is 710. The smallest absolute Gasteiger partial charge is 0.255 e. The highest BCUT2D eigenvalue weighted by Crippen LogP contribution is 2.16. The fourth-order valence-corrected chi connectivity index (χ4v) is 2.92. The van der Waals surface area contributed by atoms with E-state index in [1.54, 1.807) is 24.3 Å². The number of benzene rings is 2. The predicted molar refractivity (Wildman–Crippen MR) is 106 cm³/mol. The monoisotopic (exact) mass is 436 g/mol. The summed E-state index contributed by atoms with van der Waals surface area (Å²) < 4.78 is 1.06. The summed E-state index contributed by atoms with van der Waals surface area (Å²) in [6.45, 7) is 4.01. The molecule has 2 aromatic rings. The molecular weight excluding hydrogens is 415 g/mol. The third-order valence-corrected chi connectivity index (χ3v) is 4.52. The van der Waals surface area contributed by atoms with Crippen LogP contribution in [0.25, 0.3) is 0 Å². The maximum absolute atomic E-state index is 12.3. The number of carbonyl (C=O) groups excluding carboxylic acids is 2. The number of anilines is 2. The van der Waals surface area contributed by atoms with Crippen LogP contribution >= 0.6 is 22.6 Å². The lowest BCUT2D eigenvalue weighted by Gasteiger charge is -2.13. The minimum atomic E-state index is -0.171. The van der Waals surface area contributed by atoms with E-state index in [2.05, 4.69) is 33.2 Å². The van der Waals surface area contributed by atoms with Crippen LogP contribution in [0.2, 0.25) is 0 Å². The molecule has 2 rings (SSSR count). The van der Waals surface area contributed by atoms with E-state index in [0.29, 0.717) is 11.3 Å². The molecule has 24 heavy (non-hydrogen) atoms. The first-order valence-electron chi connectivity index (χ1n) is 8.01. The summed E-state index contributed by atoms with van der Waals surface area (Å²) in [7, 11) is 0. The third-order valence-electron chi connectivity index (χ3n) is 3.85. The van der Waals surface area contributed by atoms with Crippen LogP contribution in [0.15, 0.2) is 48.5 Å². The molecule has 0 aliphatic carbocycles. The topological polar surface area (TPSA) is 58.2 Å². The lowest BCUT2D eigenvalue weighted by Crippen LogP contribution is -2.21. The Balaban J connectivity index is 2.01. The minimum Gasteiger partial charge on any atom is -0.326 e. The Morgan fingerprint density at radius 2 is 1.62 bits per heavy atom. The van der Waals surface area contributed by atoms with Gasteiger partial charge >= 0.3 is 0 Å². The van der Waals surface area contributed by atoms with E-state index >= 15 is 0 Å². The van der Waals surface area contributed by atoms with Crippen molar-refractivity contribution in [3.05, 3.63) is 57.7 Å². The summed E-state index contributed by atoms with van der Waals surface area (Å²) in [5.74, 6) is -0.125. The number of halogens is 1. The Morgan fingerprint density at radius 1 is 0.958 bits per heavy atom. The third kappa shape index (κ3) is 5.06. The molecule has 126 valence electrons.